The average Bonchev–Trinajstić information content (AvgIpc) is 1.61. The highest BCUT2D eigenvalue weighted by Gasteiger charge is 1.80. The molecule has 8 heavy (non-hydrogen) atoms. The van der Waals surface area contributed by atoms with Crippen LogP contribution in [0.4, 0.5) is 0 Å². The lowest BCUT2D eigenvalue weighted by Gasteiger charge is -1.85. The first-order valence-electron chi connectivity index (χ1n) is 2.24. The maximum atomic E-state index is 6.64. The summed E-state index contributed by atoms with van der Waals surface area (Å²) in [4.78, 5) is 0. The number of amidine groups is 1. The molecule has 0 saturated carbocycles. The summed E-state index contributed by atoms with van der Waals surface area (Å²) in [7, 11) is 0. The zero-order chi connectivity index (χ0) is 6.57. The monoisotopic (exact) mass is 111 g/mol. The van der Waals surface area contributed by atoms with E-state index in [2.05, 4.69) is 11.8 Å². The van der Waals surface area contributed by atoms with Crippen molar-refractivity contribution in [3.05, 3.63) is 0 Å². The van der Waals surface area contributed by atoms with Crippen LogP contribution in [-0.2, 0) is 0 Å². The molecule has 0 spiro atoms. The Labute approximate surface area is 48.6 Å². The van der Waals surface area contributed by atoms with Crippen LogP contribution in [0.25, 0.3) is 0 Å². The van der Waals surface area contributed by atoms with Gasteiger partial charge in [0.25, 0.3) is 0 Å². The molecule has 0 saturated heterocycles. The molecule has 0 aromatic carbocycles. The Kier molecular flexibility index (Phi) is 2.67. The van der Waals surface area contributed by atoms with Crippen molar-refractivity contribution >= 4 is 5.84 Å². The minimum atomic E-state index is -0.195. The van der Waals surface area contributed by atoms with E-state index in [1.807, 2.05) is 0 Å². The van der Waals surface area contributed by atoms with Crippen molar-refractivity contribution in [1.82, 2.24) is 0 Å². The van der Waals surface area contributed by atoms with E-state index >= 15 is 0 Å². The summed E-state index contributed by atoms with van der Waals surface area (Å²) in [6, 6.07) is -0.195. The highest BCUT2D eigenvalue weighted by molar-refractivity contribution is 5.94. The number of nitrogens with two attached hydrogens (primary N) is 2. The Morgan fingerprint density at radius 2 is 2.25 bits per heavy atom. The molecule has 0 aromatic heterocycles. The minimum absolute atomic E-state index is 0.137. The molecule has 0 aliphatic rings. The molecule has 0 aliphatic carbocycles. The van der Waals surface area contributed by atoms with Gasteiger partial charge in [0.1, 0.15) is 0 Å². The van der Waals surface area contributed by atoms with Crippen molar-refractivity contribution in [3.8, 4) is 11.8 Å². The van der Waals surface area contributed by atoms with Gasteiger partial charge >= 0.3 is 0 Å². The quantitative estimate of drug-likeness (QED) is 0.219. The Hall–Kier alpha value is -1.01. The van der Waals surface area contributed by atoms with Gasteiger partial charge in [-0.15, -0.1) is 0 Å². The number of hydrogen-bond donors (Lipinski definition) is 3. The van der Waals surface area contributed by atoms with Crippen LogP contribution in [0.15, 0.2) is 0 Å². The standard InChI is InChI=1S/C5H9N3/c1-4(6)2-3-5(7)8/h4H,6H2,1H3,(H3,7,8). The minimum Gasteiger partial charge on any atom is -0.377 e. The fourth-order valence-corrected chi connectivity index (χ4v) is 0.192. The number of nitrogens with one attached hydrogen (secondary N) is 1. The highest BCUT2D eigenvalue weighted by Crippen LogP contribution is 1.65. The van der Waals surface area contributed by atoms with Gasteiger partial charge in [0.2, 0.25) is 0 Å². The zero-order valence-corrected chi connectivity index (χ0v) is 4.73. The second-order valence-electron chi connectivity index (χ2n) is 1.47. The third-order valence-corrected chi connectivity index (χ3v) is 0.435. The second-order valence-corrected chi connectivity index (χ2v) is 1.47. The van der Waals surface area contributed by atoms with Crippen molar-refractivity contribution in [3.63, 3.8) is 0 Å². The smallest absolute Gasteiger partial charge is 0.168 e. The van der Waals surface area contributed by atoms with E-state index in [1.54, 1.807) is 6.92 Å². The van der Waals surface area contributed by atoms with Crippen LogP contribution >= 0.6 is 0 Å². The van der Waals surface area contributed by atoms with E-state index in [0.29, 0.717) is 0 Å². The Bertz CT molecular complexity index is 137. The maximum Gasteiger partial charge on any atom is 0.168 e. The molecule has 44 valence electrons. The molecule has 0 amide bonds. The Morgan fingerprint density at radius 1 is 1.75 bits per heavy atom. The van der Waals surface area contributed by atoms with Crippen molar-refractivity contribution in [1.29, 1.82) is 5.41 Å². The fraction of sp³-hybridized carbons (Fsp3) is 0.400. The fourth-order valence-electron chi connectivity index (χ4n) is 0.192. The predicted molar refractivity (Wildman–Crippen MR) is 33.3 cm³/mol. The van der Waals surface area contributed by atoms with Crippen molar-refractivity contribution in [2.45, 2.75) is 13.0 Å². The molecular formula is C5H9N3. The van der Waals surface area contributed by atoms with Crippen molar-refractivity contribution in [2.24, 2.45) is 11.5 Å². The summed E-state index contributed by atoms with van der Waals surface area (Å²) in [5, 5.41) is 6.64. The van der Waals surface area contributed by atoms with E-state index in [0.717, 1.165) is 0 Å². The van der Waals surface area contributed by atoms with Gasteiger partial charge in [-0.1, -0.05) is 5.92 Å². The third kappa shape index (κ3) is 4.99. The molecule has 0 aromatic rings. The first kappa shape index (κ1) is 6.99. The van der Waals surface area contributed by atoms with Gasteiger partial charge in [-0.2, -0.15) is 0 Å². The second kappa shape index (κ2) is 3.05. The van der Waals surface area contributed by atoms with Gasteiger partial charge < -0.3 is 11.5 Å². The lowest BCUT2D eigenvalue weighted by Crippen LogP contribution is -2.13. The molecular weight excluding hydrogens is 102 g/mol. The first-order chi connectivity index (χ1) is 3.63. The molecule has 0 bridgehead atoms. The lowest BCUT2D eigenvalue weighted by molar-refractivity contribution is 0.960. The highest BCUT2D eigenvalue weighted by atomic mass is 14.7. The molecule has 0 radical (unpaired) electrons. The predicted octanol–water partition coefficient (Wildman–Crippen LogP) is -0.727. The van der Waals surface area contributed by atoms with Crippen molar-refractivity contribution < 1.29 is 0 Å². The topological polar surface area (TPSA) is 75.9 Å². The maximum absolute atomic E-state index is 6.64. The third-order valence-electron chi connectivity index (χ3n) is 0.435. The molecule has 3 nitrogen and oxygen atoms in total. The summed E-state index contributed by atoms with van der Waals surface area (Å²) in [6.07, 6.45) is 0. The van der Waals surface area contributed by atoms with Crippen LogP contribution in [0, 0.1) is 17.3 Å². The van der Waals surface area contributed by atoms with Gasteiger partial charge in [0.05, 0.1) is 6.04 Å². The zero-order valence-electron chi connectivity index (χ0n) is 4.73. The van der Waals surface area contributed by atoms with Gasteiger partial charge in [-0.3, -0.25) is 5.41 Å². The number of hydrogen-bond acceptors (Lipinski definition) is 2. The van der Waals surface area contributed by atoms with Crippen molar-refractivity contribution in [2.75, 3.05) is 0 Å². The molecule has 0 rings (SSSR count). The van der Waals surface area contributed by atoms with Crippen LogP contribution in [0.5, 0.6) is 0 Å². The van der Waals surface area contributed by atoms with Gasteiger partial charge in [0, 0.05) is 0 Å². The summed E-state index contributed by atoms with van der Waals surface area (Å²) in [5.74, 6) is 4.72. The van der Waals surface area contributed by atoms with Gasteiger partial charge in [-0.25, -0.2) is 0 Å². The molecule has 1 atom stereocenters. The van der Waals surface area contributed by atoms with Crippen LogP contribution in [0.3, 0.4) is 0 Å². The summed E-state index contributed by atoms with van der Waals surface area (Å²) in [6.45, 7) is 1.73. The van der Waals surface area contributed by atoms with Gasteiger partial charge in [-0.05, 0) is 12.8 Å². The molecule has 3 heteroatoms. The van der Waals surface area contributed by atoms with Crippen LogP contribution in [0.2, 0.25) is 0 Å². The summed E-state index contributed by atoms with van der Waals surface area (Å²) < 4.78 is 0. The van der Waals surface area contributed by atoms with Crippen LogP contribution in [0.1, 0.15) is 6.92 Å². The van der Waals surface area contributed by atoms with E-state index in [-0.39, 0.29) is 11.9 Å². The van der Waals surface area contributed by atoms with Crippen LogP contribution in [-0.4, -0.2) is 11.9 Å². The first-order valence-corrected chi connectivity index (χ1v) is 2.24. The molecule has 0 heterocycles. The molecule has 0 fully saturated rings. The summed E-state index contributed by atoms with van der Waals surface area (Å²) >= 11 is 0. The normalized spacial score (nSPS) is 11.2. The van der Waals surface area contributed by atoms with E-state index in [9.17, 15) is 0 Å². The SMILES string of the molecule is CC(N)C#CC(=N)N. The largest absolute Gasteiger partial charge is 0.377 e. The average molecular weight is 111 g/mol. The van der Waals surface area contributed by atoms with Crippen LogP contribution < -0.4 is 11.5 Å². The molecule has 5 N–H and O–H groups in total. The van der Waals surface area contributed by atoms with E-state index < -0.39 is 0 Å². The Morgan fingerprint density at radius 3 is 2.38 bits per heavy atom. The molecule has 1 unspecified atom stereocenters. The van der Waals surface area contributed by atoms with E-state index in [4.69, 9.17) is 16.9 Å². The lowest BCUT2D eigenvalue weighted by atomic mass is 10.4. The van der Waals surface area contributed by atoms with E-state index in [1.165, 1.54) is 0 Å². The number of rotatable bonds is 0. The summed E-state index contributed by atoms with van der Waals surface area (Å²) in [5.41, 5.74) is 10.1. The Balaban J connectivity index is 3.68. The molecule has 0 aliphatic heterocycles. The van der Waals surface area contributed by atoms with Gasteiger partial charge in [0.15, 0.2) is 5.84 Å².